The molecule has 4 nitrogen and oxygen atoms in total. The van der Waals surface area contributed by atoms with Gasteiger partial charge in [0.05, 0.1) is 11.1 Å². The number of phenols is 2. The fourth-order valence-electron chi connectivity index (χ4n) is 1.13. The molecule has 1 atom stereocenters. The van der Waals surface area contributed by atoms with Crippen LogP contribution in [0.1, 0.15) is 11.7 Å². The van der Waals surface area contributed by atoms with Crippen LogP contribution in [-0.4, -0.2) is 28.9 Å². The molecule has 0 saturated heterocycles. The second-order valence-electron chi connectivity index (χ2n) is 2.94. The van der Waals surface area contributed by atoms with Crippen molar-refractivity contribution in [3.8, 4) is 11.5 Å². The predicted molar refractivity (Wildman–Crippen MR) is 53.7 cm³/mol. The van der Waals surface area contributed by atoms with Crippen LogP contribution in [0.4, 0.5) is 0 Å². The molecule has 0 amide bonds. The number of halogens is 1. The fourth-order valence-corrected chi connectivity index (χ4v) is 1.41. The van der Waals surface area contributed by atoms with E-state index in [2.05, 4.69) is 5.32 Å². The van der Waals surface area contributed by atoms with Gasteiger partial charge in [0.25, 0.3) is 0 Å². The number of aliphatic hydroxyl groups is 1. The lowest BCUT2D eigenvalue weighted by atomic mass is 10.1. The van der Waals surface area contributed by atoms with E-state index in [9.17, 15) is 10.2 Å². The summed E-state index contributed by atoms with van der Waals surface area (Å²) in [6, 6.07) is 2.45. The fraction of sp³-hybridized carbons (Fsp3) is 0.333. The molecule has 1 rings (SSSR count). The molecule has 0 fully saturated rings. The highest BCUT2D eigenvalue weighted by Gasteiger charge is 2.13. The Balaban J connectivity index is 3.02. The van der Waals surface area contributed by atoms with Crippen molar-refractivity contribution in [2.75, 3.05) is 13.6 Å². The number of nitrogens with one attached hydrogen (secondary N) is 1. The number of benzene rings is 1. The molecule has 5 heteroatoms. The predicted octanol–water partition coefficient (Wildman–Crippen LogP) is 1.00. The Morgan fingerprint density at radius 1 is 1.36 bits per heavy atom. The average Bonchev–Trinajstić information content (AvgIpc) is 2.11. The minimum Gasteiger partial charge on any atom is -0.504 e. The van der Waals surface area contributed by atoms with Gasteiger partial charge < -0.3 is 20.6 Å². The third-order valence-corrected chi connectivity index (χ3v) is 2.18. The first-order valence-electron chi connectivity index (χ1n) is 4.10. The smallest absolute Gasteiger partial charge is 0.158 e. The number of likely N-dealkylation sites (N-methyl/N-ethyl adjacent to an activating group) is 1. The van der Waals surface area contributed by atoms with Gasteiger partial charge in [0.1, 0.15) is 0 Å². The Labute approximate surface area is 86.8 Å². The molecule has 0 spiro atoms. The van der Waals surface area contributed by atoms with Gasteiger partial charge in [-0.2, -0.15) is 0 Å². The average molecular weight is 218 g/mol. The molecule has 0 aliphatic heterocycles. The third kappa shape index (κ3) is 2.29. The van der Waals surface area contributed by atoms with Gasteiger partial charge >= 0.3 is 0 Å². The Hall–Kier alpha value is -0.970. The zero-order valence-electron chi connectivity index (χ0n) is 7.66. The normalized spacial score (nSPS) is 12.8. The van der Waals surface area contributed by atoms with E-state index in [0.29, 0.717) is 12.1 Å². The second kappa shape index (κ2) is 4.50. The summed E-state index contributed by atoms with van der Waals surface area (Å²) in [7, 11) is 1.69. The lowest BCUT2D eigenvalue weighted by Gasteiger charge is -2.12. The minimum absolute atomic E-state index is 0.225. The molecule has 1 aromatic carbocycles. The summed E-state index contributed by atoms with van der Waals surface area (Å²) in [4.78, 5) is 0. The van der Waals surface area contributed by atoms with Gasteiger partial charge in [0.2, 0.25) is 0 Å². The molecule has 78 valence electrons. The van der Waals surface area contributed by atoms with E-state index in [1.807, 2.05) is 0 Å². The maximum Gasteiger partial charge on any atom is 0.158 e. The number of aliphatic hydroxyl groups excluding tert-OH is 1. The molecule has 4 N–H and O–H groups in total. The molecule has 0 aromatic heterocycles. The Bertz CT molecular complexity index is 330. The quantitative estimate of drug-likeness (QED) is 0.570. The zero-order valence-corrected chi connectivity index (χ0v) is 8.41. The molecule has 0 aliphatic rings. The maximum absolute atomic E-state index is 9.58. The van der Waals surface area contributed by atoms with Crippen molar-refractivity contribution in [2.45, 2.75) is 6.10 Å². The Kier molecular flexibility index (Phi) is 3.57. The summed E-state index contributed by atoms with van der Waals surface area (Å²) >= 11 is 5.77. The second-order valence-corrected chi connectivity index (χ2v) is 3.34. The van der Waals surface area contributed by atoms with Gasteiger partial charge in [0.15, 0.2) is 11.5 Å². The standard InChI is InChI=1S/C9H12ClNO3/c1-11-4-9(14)5-2-7(12)8(13)3-6(5)10/h2-3,9,11-14H,4H2,1H3/t9-/m1/s1. The summed E-state index contributed by atoms with van der Waals surface area (Å²) in [6.07, 6.45) is -0.806. The Morgan fingerprint density at radius 2 is 1.93 bits per heavy atom. The molecule has 1 aromatic rings. The van der Waals surface area contributed by atoms with Crippen molar-refractivity contribution in [1.82, 2.24) is 5.32 Å². The van der Waals surface area contributed by atoms with Crippen LogP contribution in [0.2, 0.25) is 5.02 Å². The van der Waals surface area contributed by atoms with Gasteiger partial charge in [-0.15, -0.1) is 0 Å². The zero-order chi connectivity index (χ0) is 10.7. The van der Waals surface area contributed by atoms with Crippen LogP contribution in [0.5, 0.6) is 11.5 Å². The number of hydrogen-bond acceptors (Lipinski definition) is 4. The van der Waals surface area contributed by atoms with E-state index in [1.54, 1.807) is 7.05 Å². The highest BCUT2D eigenvalue weighted by molar-refractivity contribution is 6.31. The number of hydrogen-bond donors (Lipinski definition) is 4. The molecule has 0 aliphatic carbocycles. The van der Waals surface area contributed by atoms with Gasteiger partial charge in [-0.05, 0) is 13.1 Å². The van der Waals surface area contributed by atoms with Crippen LogP contribution < -0.4 is 5.32 Å². The van der Waals surface area contributed by atoms with Gasteiger partial charge in [-0.25, -0.2) is 0 Å². The lowest BCUT2D eigenvalue weighted by molar-refractivity contribution is 0.177. The maximum atomic E-state index is 9.58. The van der Waals surface area contributed by atoms with Crippen LogP contribution in [0.25, 0.3) is 0 Å². The van der Waals surface area contributed by atoms with E-state index in [1.165, 1.54) is 12.1 Å². The van der Waals surface area contributed by atoms with Crippen LogP contribution >= 0.6 is 11.6 Å². The number of rotatable bonds is 3. The molecule has 14 heavy (non-hydrogen) atoms. The third-order valence-electron chi connectivity index (χ3n) is 1.85. The van der Waals surface area contributed by atoms with Crippen molar-refractivity contribution < 1.29 is 15.3 Å². The van der Waals surface area contributed by atoms with E-state index < -0.39 is 6.10 Å². The van der Waals surface area contributed by atoms with Crippen LogP contribution in [0.15, 0.2) is 12.1 Å². The van der Waals surface area contributed by atoms with Crippen molar-refractivity contribution in [3.05, 3.63) is 22.7 Å². The van der Waals surface area contributed by atoms with Gasteiger partial charge in [0, 0.05) is 18.2 Å². The van der Waals surface area contributed by atoms with E-state index in [0.717, 1.165) is 0 Å². The SMILES string of the molecule is CNC[C@@H](O)c1cc(O)c(O)cc1Cl. The van der Waals surface area contributed by atoms with Gasteiger partial charge in [-0.1, -0.05) is 11.6 Å². The summed E-state index contributed by atoms with van der Waals surface area (Å²) in [6.45, 7) is 0.323. The minimum atomic E-state index is -0.806. The van der Waals surface area contributed by atoms with Gasteiger partial charge in [-0.3, -0.25) is 0 Å². The number of phenolic OH excluding ortho intramolecular Hbond substituents is 2. The molecule has 0 bridgehead atoms. The van der Waals surface area contributed by atoms with Crippen LogP contribution in [-0.2, 0) is 0 Å². The summed E-state index contributed by atoms with van der Waals surface area (Å²) in [5, 5.41) is 30.9. The highest BCUT2D eigenvalue weighted by Crippen LogP contribution is 2.33. The molecule has 0 radical (unpaired) electrons. The van der Waals surface area contributed by atoms with Crippen molar-refractivity contribution in [2.24, 2.45) is 0 Å². The number of aromatic hydroxyl groups is 2. The molecule has 0 unspecified atom stereocenters. The lowest BCUT2D eigenvalue weighted by Crippen LogP contribution is -2.16. The largest absolute Gasteiger partial charge is 0.504 e. The van der Waals surface area contributed by atoms with Crippen molar-refractivity contribution in [1.29, 1.82) is 0 Å². The van der Waals surface area contributed by atoms with Crippen LogP contribution in [0.3, 0.4) is 0 Å². The van der Waals surface area contributed by atoms with E-state index in [-0.39, 0.29) is 16.5 Å². The first-order chi connectivity index (χ1) is 6.56. The van der Waals surface area contributed by atoms with Crippen molar-refractivity contribution in [3.63, 3.8) is 0 Å². The van der Waals surface area contributed by atoms with Crippen LogP contribution in [0, 0.1) is 0 Å². The topological polar surface area (TPSA) is 72.7 Å². The highest BCUT2D eigenvalue weighted by atomic mass is 35.5. The molecular formula is C9H12ClNO3. The summed E-state index contributed by atoms with van der Waals surface area (Å²) in [5.41, 5.74) is 0.385. The molecular weight excluding hydrogens is 206 g/mol. The first kappa shape index (κ1) is 11.1. The Morgan fingerprint density at radius 3 is 2.50 bits per heavy atom. The van der Waals surface area contributed by atoms with Crippen molar-refractivity contribution >= 4 is 11.6 Å². The summed E-state index contributed by atoms with van der Waals surface area (Å²) < 4.78 is 0. The molecule has 0 saturated carbocycles. The van der Waals surface area contributed by atoms with E-state index in [4.69, 9.17) is 16.7 Å². The first-order valence-corrected chi connectivity index (χ1v) is 4.48. The summed E-state index contributed by atoms with van der Waals surface area (Å²) in [5.74, 6) is -0.588. The van der Waals surface area contributed by atoms with E-state index >= 15 is 0 Å². The molecule has 0 heterocycles. The monoisotopic (exact) mass is 217 g/mol.